The third kappa shape index (κ3) is 5.50. The Labute approximate surface area is 219 Å². The third-order valence-corrected chi connectivity index (χ3v) is 7.75. The Morgan fingerprint density at radius 2 is 1.97 bits per heavy atom. The van der Waals surface area contributed by atoms with E-state index in [4.69, 9.17) is 18.9 Å². The average molecular weight is 516 g/mol. The molecule has 1 amide bonds. The number of rotatable bonds is 4. The van der Waals surface area contributed by atoms with Crippen LogP contribution in [0, 0.1) is 5.92 Å². The normalized spacial score (nSPS) is 30.7. The fourth-order valence-corrected chi connectivity index (χ4v) is 6.03. The number of aliphatic hydroxyl groups is 1. The van der Waals surface area contributed by atoms with Crippen molar-refractivity contribution in [3.8, 4) is 5.75 Å². The van der Waals surface area contributed by atoms with E-state index in [2.05, 4.69) is 26.8 Å². The van der Waals surface area contributed by atoms with Crippen molar-refractivity contribution in [1.29, 1.82) is 0 Å². The second-order valence-corrected chi connectivity index (χ2v) is 12.2. The number of β-amino-alcohol motifs (C(OH)–C–C–N with tert-alkyl or cyclic N) is 1. The van der Waals surface area contributed by atoms with Gasteiger partial charge in [0.05, 0.1) is 43.6 Å². The molecular formula is C29H41NO7. The van der Waals surface area contributed by atoms with Crippen molar-refractivity contribution in [1.82, 2.24) is 4.90 Å². The van der Waals surface area contributed by atoms with Crippen LogP contribution < -0.4 is 4.74 Å². The first-order valence-corrected chi connectivity index (χ1v) is 13.1. The van der Waals surface area contributed by atoms with E-state index in [0.717, 1.165) is 18.4 Å². The van der Waals surface area contributed by atoms with Gasteiger partial charge in [0.2, 0.25) is 0 Å². The van der Waals surface area contributed by atoms with E-state index in [1.165, 1.54) is 12.7 Å². The first-order valence-electron chi connectivity index (χ1n) is 13.1. The lowest BCUT2D eigenvalue weighted by Gasteiger charge is -2.54. The van der Waals surface area contributed by atoms with Crippen LogP contribution in [0.25, 0.3) is 0 Å². The summed E-state index contributed by atoms with van der Waals surface area (Å²) in [7, 11) is 1.36. The number of esters is 1. The molecule has 0 aromatic heterocycles. The summed E-state index contributed by atoms with van der Waals surface area (Å²) in [5.74, 6) is 0.154. The molecular weight excluding hydrogens is 474 g/mol. The molecule has 3 heterocycles. The highest BCUT2D eigenvalue weighted by atomic mass is 16.6. The van der Waals surface area contributed by atoms with Gasteiger partial charge in [-0.3, -0.25) is 4.90 Å². The van der Waals surface area contributed by atoms with Crippen LogP contribution in [0.2, 0.25) is 0 Å². The molecule has 4 rings (SSSR count). The summed E-state index contributed by atoms with van der Waals surface area (Å²) in [6, 6.07) is 5.32. The topological polar surface area (TPSA) is 94.5 Å². The molecule has 0 bridgehead atoms. The number of carbonyl (C=O) groups is 2. The van der Waals surface area contributed by atoms with Crippen LogP contribution in [0.3, 0.4) is 0 Å². The van der Waals surface area contributed by atoms with Crippen LogP contribution in [0.4, 0.5) is 4.79 Å². The van der Waals surface area contributed by atoms with Gasteiger partial charge in [0, 0.05) is 17.9 Å². The van der Waals surface area contributed by atoms with Gasteiger partial charge in [-0.15, -0.1) is 0 Å². The zero-order chi connectivity index (χ0) is 27.2. The second-order valence-electron chi connectivity index (χ2n) is 12.2. The maximum absolute atomic E-state index is 13.2. The van der Waals surface area contributed by atoms with Crippen molar-refractivity contribution in [2.75, 3.05) is 20.3 Å². The Morgan fingerprint density at radius 3 is 2.62 bits per heavy atom. The van der Waals surface area contributed by atoms with Crippen molar-refractivity contribution >= 4 is 12.1 Å². The van der Waals surface area contributed by atoms with Crippen molar-refractivity contribution in [3.05, 3.63) is 41.0 Å². The van der Waals surface area contributed by atoms with Gasteiger partial charge in [0.25, 0.3) is 0 Å². The number of fused-ring (bicyclic) bond motifs is 3. The van der Waals surface area contributed by atoms with Gasteiger partial charge >= 0.3 is 12.1 Å². The molecule has 1 spiro atoms. The molecule has 204 valence electrons. The molecule has 1 aromatic carbocycles. The Balaban J connectivity index is 1.72. The van der Waals surface area contributed by atoms with Crippen LogP contribution in [-0.2, 0) is 14.2 Å². The SMILES string of the molecule is COC(=O)c1ccc2c(c1)[C@@H]1OCC3(C[C@@H](O)CN3C(=O)OC(C)(C)C)C[C@H]1[C@](C)(CCC=C(C)C)O2. The summed E-state index contributed by atoms with van der Waals surface area (Å²) in [5.41, 5.74) is 0.542. The predicted octanol–water partition coefficient (Wildman–Crippen LogP) is 5.19. The average Bonchev–Trinajstić information content (AvgIpc) is 3.12. The van der Waals surface area contributed by atoms with Gasteiger partial charge in [-0.1, -0.05) is 11.6 Å². The second kappa shape index (κ2) is 9.95. The van der Waals surface area contributed by atoms with Gasteiger partial charge in [0.15, 0.2) is 0 Å². The lowest BCUT2D eigenvalue weighted by atomic mass is 9.68. The molecule has 37 heavy (non-hydrogen) atoms. The van der Waals surface area contributed by atoms with Crippen molar-refractivity contribution in [2.24, 2.45) is 5.92 Å². The molecule has 1 N–H and O–H groups in total. The summed E-state index contributed by atoms with van der Waals surface area (Å²) in [5, 5.41) is 10.7. The maximum atomic E-state index is 13.2. The van der Waals surface area contributed by atoms with E-state index in [-0.39, 0.29) is 25.2 Å². The summed E-state index contributed by atoms with van der Waals surface area (Å²) in [4.78, 5) is 27.2. The lowest BCUT2D eigenvalue weighted by molar-refractivity contribution is -0.170. The van der Waals surface area contributed by atoms with E-state index >= 15 is 0 Å². The molecule has 0 saturated carbocycles. The Bertz CT molecular complexity index is 1070. The number of nitrogens with zero attached hydrogens (tertiary/aromatic N) is 1. The Hall–Kier alpha value is -2.58. The third-order valence-electron chi connectivity index (χ3n) is 7.75. The number of carbonyl (C=O) groups excluding carboxylic acids is 2. The van der Waals surface area contributed by atoms with Crippen LogP contribution in [0.5, 0.6) is 5.75 Å². The molecule has 0 radical (unpaired) electrons. The standard InChI is InChI=1S/C29H41NO7/c1-18(2)9-8-12-28(6)22-15-29(14-20(31)16-30(29)26(33)37-27(3,4)5)17-35-24(22)21-13-19(25(32)34-7)10-11-23(21)36-28/h9-11,13,20,22,24,31H,8,12,14-17H2,1-7H3/t20-,22-,24+,28+,29?/m1/s1. The van der Waals surface area contributed by atoms with E-state index in [9.17, 15) is 14.7 Å². The minimum atomic E-state index is -0.707. The molecule has 2 fully saturated rings. The number of ether oxygens (including phenoxy) is 4. The summed E-state index contributed by atoms with van der Waals surface area (Å²) in [6.07, 6.45) is 3.36. The number of allylic oxidation sites excluding steroid dienone is 2. The summed E-state index contributed by atoms with van der Waals surface area (Å²) >= 11 is 0. The molecule has 1 unspecified atom stereocenters. The number of benzene rings is 1. The highest BCUT2D eigenvalue weighted by Crippen LogP contribution is 2.55. The van der Waals surface area contributed by atoms with E-state index in [1.54, 1.807) is 17.0 Å². The quantitative estimate of drug-likeness (QED) is 0.436. The minimum Gasteiger partial charge on any atom is -0.487 e. The fourth-order valence-electron chi connectivity index (χ4n) is 6.03. The van der Waals surface area contributed by atoms with Crippen molar-refractivity contribution in [3.63, 3.8) is 0 Å². The Morgan fingerprint density at radius 1 is 1.24 bits per heavy atom. The molecule has 1 aromatic rings. The van der Waals surface area contributed by atoms with E-state index in [0.29, 0.717) is 24.2 Å². The largest absolute Gasteiger partial charge is 0.487 e. The number of aliphatic hydroxyl groups excluding tert-OH is 1. The predicted molar refractivity (Wildman–Crippen MR) is 139 cm³/mol. The molecule has 8 heteroatoms. The van der Waals surface area contributed by atoms with Crippen LogP contribution in [0.15, 0.2) is 29.8 Å². The van der Waals surface area contributed by atoms with Gasteiger partial charge < -0.3 is 24.1 Å². The van der Waals surface area contributed by atoms with Crippen LogP contribution >= 0.6 is 0 Å². The van der Waals surface area contributed by atoms with E-state index in [1.807, 2.05) is 26.8 Å². The van der Waals surface area contributed by atoms with Gasteiger partial charge in [-0.2, -0.15) is 0 Å². The van der Waals surface area contributed by atoms with Crippen molar-refractivity contribution in [2.45, 2.75) is 96.2 Å². The molecule has 8 nitrogen and oxygen atoms in total. The van der Waals surface area contributed by atoms with Crippen LogP contribution in [-0.4, -0.2) is 65.2 Å². The zero-order valence-corrected chi connectivity index (χ0v) is 23.1. The Kier molecular flexibility index (Phi) is 7.38. The fraction of sp³-hybridized carbons (Fsp3) is 0.655. The highest BCUT2D eigenvalue weighted by molar-refractivity contribution is 5.89. The van der Waals surface area contributed by atoms with Gasteiger partial charge in [-0.25, -0.2) is 9.59 Å². The first-order chi connectivity index (χ1) is 17.3. The zero-order valence-electron chi connectivity index (χ0n) is 23.1. The number of likely N-dealkylation sites (tertiary alicyclic amines) is 1. The molecule has 5 atom stereocenters. The summed E-state index contributed by atoms with van der Waals surface area (Å²) in [6.45, 7) is 12.2. The smallest absolute Gasteiger partial charge is 0.410 e. The minimum absolute atomic E-state index is 0.123. The summed E-state index contributed by atoms with van der Waals surface area (Å²) < 4.78 is 23.9. The number of hydrogen-bond acceptors (Lipinski definition) is 7. The monoisotopic (exact) mass is 515 g/mol. The molecule has 3 aliphatic rings. The van der Waals surface area contributed by atoms with Gasteiger partial charge in [-0.05, 0) is 79.0 Å². The number of amides is 1. The maximum Gasteiger partial charge on any atom is 0.410 e. The van der Waals surface area contributed by atoms with Crippen LogP contribution in [0.1, 0.15) is 89.3 Å². The highest BCUT2D eigenvalue weighted by Gasteiger charge is 2.59. The number of hydrogen-bond donors (Lipinski definition) is 1. The lowest BCUT2D eigenvalue weighted by Crippen LogP contribution is -2.60. The molecule has 0 aliphatic carbocycles. The first kappa shape index (κ1) is 27.5. The molecule has 2 saturated heterocycles. The molecule has 3 aliphatic heterocycles. The number of methoxy groups -OCH3 is 1. The van der Waals surface area contributed by atoms with E-state index < -0.39 is 34.9 Å². The van der Waals surface area contributed by atoms with Gasteiger partial charge in [0.1, 0.15) is 17.0 Å². The van der Waals surface area contributed by atoms with Crippen molar-refractivity contribution < 1.29 is 33.6 Å².